The van der Waals surface area contributed by atoms with Gasteiger partial charge < -0.3 is 21.1 Å². The maximum Gasteiger partial charge on any atom is 0.241 e. The van der Waals surface area contributed by atoms with Gasteiger partial charge in [0.15, 0.2) is 5.96 Å². The summed E-state index contributed by atoms with van der Waals surface area (Å²) < 4.78 is 5.03. The standard InChI is InChI=1S/C11H16N4O2.HI/c1-13-10(16)7-14-11(12)15-8-3-5-9(17-2)6-4-8;/h3-6H,7H2,1-2H3,(H,13,16)(H3,12,14,15);1H. The van der Waals surface area contributed by atoms with Gasteiger partial charge in [-0.2, -0.15) is 0 Å². The predicted octanol–water partition coefficient (Wildman–Crippen LogP) is 0.786. The zero-order valence-corrected chi connectivity index (χ0v) is 12.6. The minimum atomic E-state index is -0.190. The summed E-state index contributed by atoms with van der Waals surface area (Å²) in [5.74, 6) is 0.764. The van der Waals surface area contributed by atoms with Gasteiger partial charge in [-0.05, 0) is 24.3 Å². The summed E-state index contributed by atoms with van der Waals surface area (Å²) in [7, 11) is 3.15. The van der Waals surface area contributed by atoms with Crippen molar-refractivity contribution in [2.45, 2.75) is 0 Å². The van der Waals surface area contributed by atoms with E-state index in [4.69, 9.17) is 10.5 Å². The minimum Gasteiger partial charge on any atom is -0.497 e. The van der Waals surface area contributed by atoms with Crippen molar-refractivity contribution in [1.82, 2.24) is 5.32 Å². The van der Waals surface area contributed by atoms with Crippen molar-refractivity contribution in [1.29, 1.82) is 0 Å². The molecule has 0 atom stereocenters. The Kier molecular flexibility index (Phi) is 7.84. The number of nitrogens with one attached hydrogen (secondary N) is 2. The SMILES string of the molecule is CNC(=O)CN=C(N)Nc1ccc(OC)cc1.I. The number of aliphatic imine (C=N–C) groups is 1. The molecule has 0 bridgehead atoms. The van der Waals surface area contributed by atoms with Gasteiger partial charge in [0.25, 0.3) is 0 Å². The molecule has 0 saturated carbocycles. The van der Waals surface area contributed by atoms with E-state index in [1.165, 1.54) is 0 Å². The van der Waals surface area contributed by atoms with E-state index >= 15 is 0 Å². The van der Waals surface area contributed by atoms with Gasteiger partial charge in [-0.25, -0.2) is 4.99 Å². The highest BCUT2D eigenvalue weighted by Crippen LogP contribution is 2.14. The van der Waals surface area contributed by atoms with Crippen molar-refractivity contribution in [2.24, 2.45) is 10.7 Å². The molecule has 0 unspecified atom stereocenters. The Morgan fingerprint density at radius 3 is 2.50 bits per heavy atom. The zero-order chi connectivity index (χ0) is 12.7. The second-order valence-corrected chi connectivity index (χ2v) is 3.23. The second-order valence-electron chi connectivity index (χ2n) is 3.23. The molecule has 0 fully saturated rings. The van der Waals surface area contributed by atoms with Crippen LogP contribution in [0.15, 0.2) is 29.3 Å². The van der Waals surface area contributed by atoms with Gasteiger partial charge in [0.2, 0.25) is 5.91 Å². The predicted molar refractivity (Wildman–Crippen MR) is 82.6 cm³/mol. The van der Waals surface area contributed by atoms with Gasteiger partial charge in [-0.3, -0.25) is 4.79 Å². The Labute approximate surface area is 123 Å². The molecule has 1 rings (SSSR count). The van der Waals surface area contributed by atoms with E-state index in [1.54, 1.807) is 38.4 Å². The van der Waals surface area contributed by atoms with Gasteiger partial charge in [-0.1, -0.05) is 0 Å². The van der Waals surface area contributed by atoms with E-state index in [0.29, 0.717) is 0 Å². The summed E-state index contributed by atoms with van der Waals surface area (Å²) in [5, 5.41) is 5.32. The molecule has 0 aliphatic heterocycles. The Morgan fingerprint density at radius 2 is 2.00 bits per heavy atom. The molecular formula is C11H17IN4O2. The van der Waals surface area contributed by atoms with Crippen LogP contribution in [0.25, 0.3) is 0 Å². The van der Waals surface area contributed by atoms with Gasteiger partial charge >= 0.3 is 0 Å². The summed E-state index contributed by atoms with van der Waals surface area (Å²) in [6.07, 6.45) is 0. The number of halogens is 1. The number of anilines is 1. The number of hydrogen-bond donors (Lipinski definition) is 3. The molecule has 6 nitrogen and oxygen atoms in total. The van der Waals surface area contributed by atoms with Gasteiger partial charge in [0.1, 0.15) is 12.3 Å². The molecule has 0 spiro atoms. The first-order valence-electron chi connectivity index (χ1n) is 5.07. The van der Waals surface area contributed by atoms with E-state index in [9.17, 15) is 4.79 Å². The summed E-state index contributed by atoms with van der Waals surface area (Å²) in [4.78, 5) is 14.8. The maximum absolute atomic E-state index is 10.9. The zero-order valence-electron chi connectivity index (χ0n) is 10.3. The smallest absolute Gasteiger partial charge is 0.241 e. The van der Waals surface area contributed by atoms with Crippen LogP contribution in [0.3, 0.4) is 0 Å². The highest BCUT2D eigenvalue weighted by atomic mass is 127. The number of guanidine groups is 1. The van der Waals surface area contributed by atoms with Gasteiger partial charge in [-0.15, -0.1) is 24.0 Å². The molecule has 0 aromatic heterocycles. The fourth-order valence-corrected chi connectivity index (χ4v) is 1.10. The molecule has 100 valence electrons. The molecule has 1 aromatic rings. The molecule has 1 aromatic carbocycles. The first kappa shape index (κ1) is 16.5. The van der Waals surface area contributed by atoms with Crippen LogP contribution in [-0.2, 0) is 4.79 Å². The molecule has 18 heavy (non-hydrogen) atoms. The third-order valence-corrected chi connectivity index (χ3v) is 2.03. The summed E-state index contributed by atoms with van der Waals surface area (Å²) >= 11 is 0. The van der Waals surface area contributed by atoms with E-state index < -0.39 is 0 Å². The quantitative estimate of drug-likeness (QED) is 0.419. The van der Waals surface area contributed by atoms with Crippen molar-refractivity contribution in [3.8, 4) is 5.75 Å². The van der Waals surface area contributed by atoms with Crippen LogP contribution >= 0.6 is 24.0 Å². The molecule has 1 amide bonds. The van der Waals surface area contributed by atoms with E-state index in [-0.39, 0.29) is 42.4 Å². The van der Waals surface area contributed by atoms with Crippen molar-refractivity contribution in [3.05, 3.63) is 24.3 Å². The van der Waals surface area contributed by atoms with E-state index in [0.717, 1.165) is 11.4 Å². The van der Waals surface area contributed by atoms with Crippen LogP contribution in [0.5, 0.6) is 5.75 Å². The number of likely N-dealkylation sites (N-methyl/N-ethyl adjacent to an activating group) is 1. The topological polar surface area (TPSA) is 88.7 Å². The van der Waals surface area contributed by atoms with Gasteiger partial charge in [0.05, 0.1) is 7.11 Å². The molecule has 7 heteroatoms. The first-order valence-corrected chi connectivity index (χ1v) is 5.07. The Hall–Kier alpha value is -1.51. The summed E-state index contributed by atoms with van der Waals surface area (Å²) in [6, 6.07) is 7.21. The lowest BCUT2D eigenvalue weighted by Gasteiger charge is -2.06. The lowest BCUT2D eigenvalue weighted by Crippen LogP contribution is -2.27. The van der Waals surface area contributed by atoms with Crippen molar-refractivity contribution in [3.63, 3.8) is 0 Å². The van der Waals surface area contributed by atoms with Crippen LogP contribution < -0.4 is 21.1 Å². The van der Waals surface area contributed by atoms with Crippen LogP contribution in [0.2, 0.25) is 0 Å². The third-order valence-electron chi connectivity index (χ3n) is 2.03. The second kappa shape index (κ2) is 8.56. The van der Waals surface area contributed by atoms with Crippen LogP contribution in [0.4, 0.5) is 5.69 Å². The number of methoxy groups -OCH3 is 1. The molecule has 0 aliphatic carbocycles. The summed E-state index contributed by atoms with van der Waals surface area (Å²) in [5.41, 5.74) is 6.39. The lowest BCUT2D eigenvalue weighted by atomic mass is 10.3. The largest absolute Gasteiger partial charge is 0.497 e. The summed E-state index contributed by atoms with van der Waals surface area (Å²) in [6.45, 7) is 0.00544. The van der Waals surface area contributed by atoms with Crippen LogP contribution in [0, 0.1) is 0 Å². The van der Waals surface area contributed by atoms with Crippen LogP contribution in [-0.4, -0.2) is 32.6 Å². The highest BCUT2D eigenvalue weighted by molar-refractivity contribution is 14.0. The Balaban J connectivity index is 0.00000289. The molecule has 0 saturated heterocycles. The number of amides is 1. The average Bonchev–Trinajstić information content (AvgIpc) is 2.36. The normalized spacial score (nSPS) is 10.2. The fraction of sp³-hybridized carbons (Fsp3) is 0.273. The molecule has 0 radical (unpaired) electrons. The first-order chi connectivity index (χ1) is 8.15. The minimum absolute atomic E-state index is 0. The van der Waals surface area contributed by atoms with E-state index in [2.05, 4.69) is 15.6 Å². The number of benzene rings is 1. The Bertz CT molecular complexity index is 406. The number of carbonyl (C=O) groups is 1. The molecular weight excluding hydrogens is 347 g/mol. The van der Waals surface area contributed by atoms with Crippen molar-refractivity contribution in [2.75, 3.05) is 26.0 Å². The van der Waals surface area contributed by atoms with Crippen molar-refractivity contribution < 1.29 is 9.53 Å². The molecule has 4 N–H and O–H groups in total. The Morgan fingerprint density at radius 1 is 1.39 bits per heavy atom. The number of rotatable bonds is 4. The fourth-order valence-electron chi connectivity index (χ4n) is 1.10. The monoisotopic (exact) mass is 364 g/mol. The average molecular weight is 364 g/mol. The molecule has 0 aliphatic rings. The number of hydrogen-bond acceptors (Lipinski definition) is 3. The van der Waals surface area contributed by atoms with Crippen LogP contribution in [0.1, 0.15) is 0 Å². The highest BCUT2D eigenvalue weighted by Gasteiger charge is 1.98. The third kappa shape index (κ3) is 5.71. The number of carbonyl (C=O) groups excluding carboxylic acids is 1. The van der Waals surface area contributed by atoms with Crippen molar-refractivity contribution >= 4 is 41.5 Å². The molecule has 0 heterocycles. The van der Waals surface area contributed by atoms with E-state index in [1.807, 2.05) is 0 Å². The number of ether oxygens (including phenoxy) is 1. The van der Waals surface area contributed by atoms with Gasteiger partial charge in [0, 0.05) is 12.7 Å². The number of nitrogens with two attached hydrogens (primary N) is 1. The lowest BCUT2D eigenvalue weighted by molar-refractivity contribution is -0.119. The number of nitrogens with zero attached hydrogens (tertiary/aromatic N) is 1. The maximum atomic E-state index is 10.9.